The fourth-order valence-electron chi connectivity index (χ4n) is 2.51. The summed E-state index contributed by atoms with van der Waals surface area (Å²) in [6.07, 6.45) is 0. The molecular formula is C23H14N2O5. The number of para-hydroxylation sites is 1. The van der Waals surface area contributed by atoms with Gasteiger partial charge >= 0.3 is 11.9 Å². The van der Waals surface area contributed by atoms with Crippen molar-refractivity contribution in [3.63, 3.8) is 0 Å². The third-order valence-corrected chi connectivity index (χ3v) is 4.06. The van der Waals surface area contributed by atoms with Crippen LogP contribution in [-0.4, -0.2) is 19.0 Å². The smallest absolute Gasteiger partial charge is 0.343 e. The number of nitriles is 2. The van der Waals surface area contributed by atoms with Crippen LogP contribution in [0.1, 0.15) is 31.8 Å². The number of benzene rings is 3. The van der Waals surface area contributed by atoms with E-state index < -0.39 is 11.9 Å². The molecular weight excluding hydrogens is 384 g/mol. The minimum Gasteiger partial charge on any atom is -0.493 e. The van der Waals surface area contributed by atoms with Crippen molar-refractivity contribution in [3.05, 3.63) is 89.0 Å². The van der Waals surface area contributed by atoms with Gasteiger partial charge < -0.3 is 14.2 Å². The maximum Gasteiger partial charge on any atom is 0.343 e. The Balaban J connectivity index is 1.86. The number of methoxy groups -OCH3 is 1. The number of hydrogen-bond acceptors (Lipinski definition) is 7. The van der Waals surface area contributed by atoms with Gasteiger partial charge in [-0.05, 0) is 60.7 Å². The zero-order valence-corrected chi connectivity index (χ0v) is 15.8. The average Bonchev–Trinajstić information content (AvgIpc) is 2.80. The van der Waals surface area contributed by atoms with Gasteiger partial charge in [-0.2, -0.15) is 10.5 Å². The summed E-state index contributed by atoms with van der Waals surface area (Å²) in [5, 5.41) is 17.7. The van der Waals surface area contributed by atoms with Gasteiger partial charge in [0.15, 0.2) is 11.5 Å². The largest absolute Gasteiger partial charge is 0.493 e. The SMILES string of the molecule is COc1cccc(OC(=O)c2ccc(C#N)cc2)c1OC(=O)c1ccc(C#N)cc1. The highest BCUT2D eigenvalue weighted by molar-refractivity contribution is 5.93. The number of hydrogen-bond donors (Lipinski definition) is 0. The number of esters is 2. The third-order valence-electron chi connectivity index (χ3n) is 4.06. The molecule has 0 aliphatic heterocycles. The van der Waals surface area contributed by atoms with Gasteiger partial charge in [0.1, 0.15) is 0 Å². The van der Waals surface area contributed by atoms with E-state index in [4.69, 9.17) is 24.7 Å². The lowest BCUT2D eigenvalue weighted by atomic mass is 10.1. The van der Waals surface area contributed by atoms with Crippen molar-refractivity contribution >= 4 is 11.9 Å². The zero-order valence-electron chi connectivity index (χ0n) is 15.8. The standard InChI is InChI=1S/C23H14N2O5/c1-28-19-3-2-4-20(29-22(26)17-9-5-15(13-24)6-10-17)21(19)30-23(27)18-11-7-16(14-25)8-12-18/h2-12H,1H3. The van der Waals surface area contributed by atoms with Gasteiger partial charge in [-0.15, -0.1) is 0 Å². The van der Waals surface area contributed by atoms with Crippen LogP contribution in [0, 0.1) is 22.7 Å². The molecule has 7 heteroatoms. The Hall–Kier alpha value is -4.62. The van der Waals surface area contributed by atoms with E-state index in [-0.39, 0.29) is 28.4 Å². The Morgan fingerprint density at radius 1 is 0.700 bits per heavy atom. The molecule has 0 fully saturated rings. The number of ether oxygens (including phenoxy) is 3. The lowest BCUT2D eigenvalue weighted by Crippen LogP contribution is -2.13. The summed E-state index contributed by atoms with van der Waals surface area (Å²) in [6, 6.07) is 20.3. The van der Waals surface area contributed by atoms with Gasteiger partial charge in [0.05, 0.1) is 41.5 Å². The molecule has 0 heterocycles. The molecule has 0 aliphatic rings. The molecule has 3 aromatic carbocycles. The van der Waals surface area contributed by atoms with Crippen LogP contribution in [-0.2, 0) is 0 Å². The van der Waals surface area contributed by atoms with Crippen LogP contribution in [0.3, 0.4) is 0 Å². The summed E-state index contributed by atoms with van der Waals surface area (Å²) in [5.41, 5.74) is 1.25. The molecule has 0 amide bonds. The minimum absolute atomic E-state index is 0.00861. The highest BCUT2D eigenvalue weighted by Crippen LogP contribution is 2.38. The molecule has 0 radical (unpaired) electrons. The maximum absolute atomic E-state index is 12.5. The Morgan fingerprint density at radius 2 is 1.17 bits per heavy atom. The molecule has 0 spiro atoms. The normalized spacial score (nSPS) is 9.70. The first-order chi connectivity index (χ1) is 14.5. The fraction of sp³-hybridized carbons (Fsp3) is 0.0435. The first-order valence-corrected chi connectivity index (χ1v) is 8.67. The summed E-state index contributed by atoms with van der Waals surface area (Å²) in [4.78, 5) is 25.0. The first-order valence-electron chi connectivity index (χ1n) is 8.67. The lowest BCUT2D eigenvalue weighted by Gasteiger charge is -2.14. The number of nitrogens with zero attached hydrogens (tertiary/aromatic N) is 2. The topological polar surface area (TPSA) is 109 Å². The van der Waals surface area contributed by atoms with E-state index in [1.165, 1.54) is 61.7 Å². The summed E-state index contributed by atoms with van der Waals surface area (Å²) in [7, 11) is 1.39. The molecule has 0 aromatic heterocycles. The number of carbonyl (C=O) groups excluding carboxylic acids is 2. The van der Waals surface area contributed by atoms with Crippen molar-refractivity contribution in [2.24, 2.45) is 0 Å². The Kier molecular flexibility index (Phi) is 6.07. The molecule has 0 saturated carbocycles. The maximum atomic E-state index is 12.5. The third kappa shape index (κ3) is 4.44. The molecule has 0 bridgehead atoms. The fourth-order valence-corrected chi connectivity index (χ4v) is 2.51. The second-order valence-corrected chi connectivity index (χ2v) is 5.94. The molecule has 0 N–H and O–H groups in total. The van der Waals surface area contributed by atoms with Gasteiger partial charge in [-0.1, -0.05) is 6.07 Å². The van der Waals surface area contributed by atoms with Crippen LogP contribution in [0.2, 0.25) is 0 Å². The molecule has 0 saturated heterocycles. The van der Waals surface area contributed by atoms with Gasteiger partial charge in [0.2, 0.25) is 5.75 Å². The summed E-state index contributed by atoms with van der Waals surface area (Å²) < 4.78 is 16.1. The summed E-state index contributed by atoms with van der Waals surface area (Å²) in [6.45, 7) is 0. The van der Waals surface area contributed by atoms with Crippen molar-refractivity contribution in [1.29, 1.82) is 10.5 Å². The summed E-state index contributed by atoms with van der Waals surface area (Å²) in [5.74, 6) is -1.27. The number of carbonyl (C=O) groups is 2. The van der Waals surface area contributed by atoms with E-state index in [1.54, 1.807) is 12.1 Å². The first kappa shape index (κ1) is 20.1. The van der Waals surface area contributed by atoms with Crippen LogP contribution in [0.4, 0.5) is 0 Å². The van der Waals surface area contributed by atoms with Crippen molar-refractivity contribution in [2.75, 3.05) is 7.11 Å². The number of rotatable bonds is 5. The second-order valence-electron chi connectivity index (χ2n) is 5.94. The average molecular weight is 398 g/mol. The van der Waals surface area contributed by atoms with Gasteiger partial charge in [0, 0.05) is 0 Å². The molecule has 7 nitrogen and oxygen atoms in total. The predicted molar refractivity (Wildman–Crippen MR) is 105 cm³/mol. The van der Waals surface area contributed by atoms with Crippen LogP contribution < -0.4 is 14.2 Å². The van der Waals surface area contributed by atoms with Gasteiger partial charge in [0.25, 0.3) is 0 Å². The quantitative estimate of drug-likeness (QED) is 0.474. The summed E-state index contributed by atoms with van der Waals surface area (Å²) >= 11 is 0. The Morgan fingerprint density at radius 3 is 1.63 bits per heavy atom. The van der Waals surface area contributed by atoms with Crippen molar-refractivity contribution in [1.82, 2.24) is 0 Å². The second kappa shape index (κ2) is 9.05. The van der Waals surface area contributed by atoms with E-state index in [0.717, 1.165) is 0 Å². The lowest BCUT2D eigenvalue weighted by molar-refractivity contribution is 0.0678. The van der Waals surface area contributed by atoms with E-state index in [2.05, 4.69) is 0 Å². The molecule has 0 unspecified atom stereocenters. The van der Waals surface area contributed by atoms with E-state index >= 15 is 0 Å². The van der Waals surface area contributed by atoms with Crippen LogP contribution in [0.15, 0.2) is 66.7 Å². The molecule has 0 atom stereocenters. The van der Waals surface area contributed by atoms with Crippen molar-refractivity contribution in [2.45, 2.75) is 0 Å². The molecule has 3 aromatic rings. The van der Waals surface area contributed by atoms with Gasteiger partial charge in [-0.3, -0.25) is 0 Å². The highest BCUT2D eigenvalue weighted by Gasteiger charge is 2.20. The molecule has 0 aliphatic carbocycles. The zero-order chi connectivity index (χ0) is 21.5. The van der Waals surface area contributed by atoms with E-state index in [0.29, 0.717) is 11.1 Å². The van der Waals surface area contributed by atoms with E-state index in [1.807, 2.05) is 12.1 Å². The van der Waals surface area contributed by atoms with Crippen LogP contribution in [0.5, 0.6) is 17.2 Å². The Labute approximate surface area is 172 Å². The highest BCUT2D eigenvalue weighted by atomic mass is 16.6. The predicted octanol–water partition coefficient (Wildman–Crippen LogP) is 3.88. The van der Waals surface area contributed by atoms with Crippen LogP contribution >= 0.6 is 0 Å². The van der Waals surface area contributed by atoms with Crippen molar-refractivity contribution in [3.8, 4) is 29.4 Å². The minimum atomic E-state index is -0.709. The molecule has 146 valence electrons. The molecule has 30 heavy (non-hydrogen) atoms. The van der Waals surface area contributed by atoms with Crippen LogP contribution in [0.25, 0.3) is 0 Å². The van der Waals surface area contributed by atoms with E-state index in [9.17, 15) is 9.59 Å². The Bertz CT molecular complexity index is 1170. The van der Waals surface area contributed by atoms with Gasteiger partial charge in [-0.25, -0.2) is 9.59 Å². The molecule has 3 rings (SSSR count). The van der Waals surface area contributed by atoms with Crippen molar-refractivity contribution < 1.29 is 23.8 Å². The monoisotopic (exact) mass is 398 g/mol.